The average Bonchev–Trinajstić information content (AvgIpc) is 2.62. The second-order valence-corrected chi connectivity index (χ2v) is 5.71. The van der Waals surface area contributed by atoms with Crippen LogP contribution in [0.25, 0.3) is 6.08 Å². The van der Waals surface area contributed by atoms with Gasteiger partial charge in [0.15, 0.2) is 5.11 Å². The molecule has 2 N–H and O–H groups in total. The number of nitrogens with zero attached hydrogens (tertiary/aromatic N) is 1. The van der Waals surface area contributed by atoms with Gasteiger partial charge in [-0.3, -0.25) is 20.2 Å². The summed E-state index contributed by atoms with van der Waals surface area (Å²) in [6, 6.07) is 11.6. The van der Waals surface area contributed by atoms with Crippen molar-refractivity contribution >= 4 is 40.7 Å². The lowest BCUT2D eigenvalue weighted by atomic mass is 10.2. The van der Waals surface area contributed by atoms with Gasteiger partial charge in [0.1, 0.15) is 5.75 Å². The van der Waals surface area contributed by atoms with E-state index >= 15 is 0 Å². The topological polar surface area (TPSA) is 93.5 Å². The number of hydrogen-bond acceptors (Lipinski definition) is 5. The Bertz CT molecular complexity index is 863. The molecule has 7 nitrogen and oxygen atoms in total. The van der Waals surface area contributed by atoms with Gasteiger partial charge in [0.25, 0.3) is 5.69 Å². The Kier molecular flexibility index (Phi) is 6.40. The Hall–Kier alpha value is -3.26. The van der Waals surface area contributed by atoms with Crippen molar-refractivity contribution in [3.05, 3.63) is 69.8 Å². The first-order valence-corrected chi connectivity index (χ1v) is 7.99. The molecule has 2 aromatic carbocycles. The fraction of sp³-hybridized carbons (Fsp3) is 0.111. The Morgan fingerprint density at radius 2 is 1.92 bits per heavy atom. The largest absolute Gasteiger partial charge is 0.497 e. The fourth-order valence-electron chi connectivity index (χ4n) is 2.10. The summed E-state index contributed by atoms with van der Waals surface area (Å²) < 4.78 is 5.07. The molecule has 0 aliphatic carbocycles. The molecule has 0 radical (unpaired) electrons. The van der Waals surface area contributed by atoms with Crippen LogP contribution in [0.5, 0.6) is 5.75 Å². The number of hydrogen-bond donors (Lipinski definition) is 2. The van der Waals surface area contributed by atoms with E-state index in [0.717, 1.165) is 11.3 Å². The number of methoxy groups -OCH3 is 1. The number of thiocarbonyl (C=S) groups is 1. The van der Waals surface area contributed by atoms with Gasteiger partial charge in [0.2, 0.25) is 5.91 Å². The summed E-state index contributed by atoms with van der Waals surface area (Å²) in [5.41, 5.74) is 2.06. The number of non-ortho nitro benzene ring substituents is 1. The lowest BCUT2D eigenvalue weighted by Gasteiger charge is -2.10. The Labute approximate surface area is 155 Å². The van der Waals surface area contributed by atoms with E-state index in [9.17, 15) is 14.9 Å². The maximum Gasteiger partial charge on any atom is 0.269 e. The van der Waals surface area contributed by atoms with E-state index in [2.05, 4.69) is 10.6 Å². The van der Waals surface area contributed by atoms with Gasteiger partial charge in [-0.05, 0) is 54.5 Å². The lowest BCUT2D eigenvalue weighted by Crippen LogP contribution is -2.33. The summed E-state index contributed by atoms with van der Waals surface area (Å²) in [5, 5.41) is 16.2. The van der Waals surface area contributed by atoms with Gasteiger partial charge < -0.3 is 10.1 Å². The standard InChI is InChI=1S/C18H17N3O4S/c1-12-11-14(21(23)24)6-9-16(12)19-18(26)20-17(22)10-5-13-3-7-15(25-2)8-4-13/h3-11H,1-2H3,(H2,19,20,22,26)/b10-5+. The quantitative estimate of drug-likeness (QED) is 0.362. The van der Waals surface area contributed by atoms with Crippen molar-refractivity contribution in [3.8, 4) is 5.75 Å². The molecular weight excluding hydrogens is 354 g/mol. The molecule has 0 bridgehead atoms. The normalized spacial score (nSPS) is 10.4. The minimum absolute atomic E-state index is 0.00886. The molecule has 0 aliphatic heterocycles. The number of ether oxygens (including phenoxy) is 1. The molecule has 0 atom stereocenters. The number of benzene rings is 2. The number of aryl methyl sites for hydroxylation is 1. The van der Waals surface area contributed by atoms with E-state index in [1.54, 1.807) is 38.3 Å². The van der Waals surface area contributed by atoms with Crippen molar-refractivity contribution in [3.63, 3.8) is 0 Å². The number of carbonyl (C=O) groups is 1. The second kappa shape index (κ2) is 8.72. The summed E-state index contributed by atoms with van der Waals surface area (Å²) in [6.07, 6.45) is 3.01. The smallest absolute Gasteiger partial charge is 0.269 e. The number of amides is 1. The van der Waals surface area contributed by atoms with Crippen LogP contribution >= 0.6 is 12.2 Å². The maximum atomic E-state index is 11.9. The van der Waals surface area contributed by atoms with Crippen molar-refractivity contribution in [1.29, 1.82) is 0 Å². The first-order valence-electron chi connectivity index (χ1n) is 7.58. The van der Waals surface area contributed by atoms with Gasteiger partial charge in [-0.1, -0.05) is 12.1 Å². The summed E-state index contributed by atoms with van der Waals surface area (Å²) in [6.45, 7) is 1.71. The summed E-state index contributed by atoms with van der Waals surface area (Å²) >= 11 is 5.09. The van der Waals surface area contributed by atoms with Crippen LogP contribution in [-0.2, 0) is 4.79 Å². The van der Waals surface area contributed by atoms with Crippen LogP contribution in [0.2, 0.25) is 0 Å². The molecule has 2 aromatic rings. The predicted octanol–water partition coefficient (Wildman–Crippen LogP) is 3.44. The van der Waals surface area contributed by atoms with Crippen LogP contribution in [0.3, 0.4) is 0 Å². The molecule has 1 amide bonds. The molecule has 0 spiro atoms. The third kappa shape index (κ3) is 5.38. The first-order chi connectivity index (χ1) is 12.4. The molecule has 8 heteroatoms. The molecule has 2 rings (SSSR count). The van der Waals surface area contributed by atoms with Crippen molar-refractivity contribution < 1.29 is 14.5 Å². The second-order valence-electron chi connectivity index (χ2n) is 5.31. The summed E-state index contributed by atoms with van der Waals surface area (Å²) in [5.74, 6) is 0.341. The molecule has 26 heavy (non-hydrogen) atoms. The third-order valence-electron chi connectivity index (χ3n) is 3.45. The number of nitrogens with one attached hydrogen (secondary N) is 2. The Morgan fingerprint density at radius 3 is 2.50 bits per heavy atom. The minimum atomic E-state index is -0.471. The van der Waals surface area contributed by atoms with E-state index in [1.165, 1.54) is 18.2 Å². The van der Waals surface area contributed by atoms with E-state index in [0.29, 0.717) is 11.3 Å². The van der Waals surface area contributed by atoms with Gasteiger partial charge in [-0.25, -0.2) is 0 Å². The monoisotopic (exact) mass is 371 g/mol. The zero-order chi connectivity index (χ0) is 19.1. The van der Waals surface area contributed by atoms with Gasteiger partial charge >= 0.3 is 0 Å². The molecule has 0 aliphatic rings. The fourth-order valence-corrected chi connectivity index (χ4v) is 2.31. The van der Waals surface area contributed by atoms with Gasteiger partial charge in [-0.2, -0.15) is 0 Å². The van der Waals surface area contributed by atoms with Crippen LogP contribution in [0.15, 0.2) is 48.5 Å². The highest BCUT2D eigenvalue weighted by atomic mass is 32.1. The van der Waals surface area contributed by atoms with E-state index < -0.39 is 10.8 Å². The van der Waals surface area contributed by atoms with Crippen LogP contribution in [0.1, 0.15) is 11.1 Å². The highest BCUT2D eigenvalue weighted by Crippen LogP contribution is 2.21. The molecule has 0 unspecified atom stereocenters. The molecule has 0 heterocycles. The molecular formula is C18H17N3O4S. The van der Waals surface area contributed by atoms with Crippen molar-refractivity contribution in [1.82, 2.24) is 5.32 Å². The zero-order valence-electron chi connectivity index (χ0n) is 14.2. The van der Waals surface area contributed by atoms with Gasteiger partial charge in [0.05, 0.1) is 12.0 Å². The van der Waals surface area contributed by atoms with Crippen LogP contribution in [-0.4, -0.2) is 23.1 Å². The molecule has 134 valence electrons. The number of nitro groups is 1. The molecule has 0 fully saturated rings. The number of nitro benzene ring substituents is 1. The van der Waals surface area contributed by atoms with Gasteiger partial charge in [0, 0.05) is 23.9 Å². The SMILES string of the molecule is COc1ccc(/C=C/C(=O)NC(=S)Nc2ccc([N+](=O)[O-])cc2C)cc1. The highest BCUT2D eigenvalue weighted by molar-refractivity contribution is 7.80. The van der Waals surface area contributed by atoms with Crippen molar-refractivity contribution in [2.24, 2.45) is 0 Å². The first kappa shape index (κ1) is 19.1. The molecule has 0 aromatic heterocycles. The lowest BCUT2D eigenvalue weighted by molar-refractivity contribution is -0.384. The molecule has 0 saturated heterocycles. The minimum Gasteiger partial charge on any atom is -0.497 e. The van der Waals surface area contributed by atoms with Crippen LogP contribution < -0.4 is 15.4 Å². The number of anilines is 1. The molecule has 0 saturated carbocycles. The van der Waals surface area contributed by atoms with Crippen molar-refractivity contribution in [2.45, 2.75) is 6.92 Å². The third-order valence-corrected chi connectivity index (χ3v) is 3.65. The summed E-state index contributed by atoms with van der Waals surface area (Å²) in [4.78, 5) is 22.2. The van der Waals surface area contributed by atoms with Crippen LogP contribution in [0, 0.1) is 17.0 Å². The predicted molar refractivity (Wildman–Crippen MR) is 104 cm³/mol. The number of carbonyl (C=O) groups excluding carboxylic acids is 1. The maximum absolute atomic E-state index is 11.9. The van der Waals surface area contributed by atoms with Crippen LogP contribution in [0.4, 0.5) is 11.4 Å². The average molecular weight is 371 g/mol. The van der Waals surface area contributed by atoms with Gasteiger partial charge in [-0.15, -0.1) is 0 Å². The van der Waals surface area contributed by atoms with E-state index in [1.807, 2.05) is 12.1 Å². The van der Waals surface area contributed by atoms with E-state index in [4.69, 9.17) is 17.0 Å². The van der Waals surface area contributed by atoms with Crippen molar-refractivity contribution in [2.75, 3.05) is 12.4 Å². The zero-order valence-corrected chi connectivity index (χ0v) is 15.0. The van der Waals surface area contributed by atoms with E-state index in [-0.39, 0.29) is 10.8 Å². The Morgan fingerprint density at radius 1 is 1.23 bits per heavy atom. The summed E-state index contributed by atoms with van der Waals surface area (Å²) in [7, 11) is 1.58. The number of rotatable bonds is 5. The highest BCUT2D eigenvalue weighted by Gasteiger charge is 2.09. The Balaban J connectivity index is 1.93.